The molecule has 0 aromatic heterocycles. The number of nitrogens with one attached hydrogen (secondary N) is 2. The molecule has 1 amide bonds. The van der Waals surface area contributed by atoms with E-state index in [1.807, 2.05) is 24.3 Å². The van der Waals surface area contributed by atoms with Gasteiger partial charge in [-0.15, -0.1) is 0 Å². The number of anilines is 2. The van der Waals surface area contributed by atoms with Crippen LogP contribution in [0.2, 0.25) is 10.0 Å². The fraction of sp³-hybridized carbons (Fsp3) is 0.269. The van der Waals surface area contributed by atoms with Gasteiger partial charge in [0.05, 0.1) is 15.5 Å². The fourth-order valence-corrected chi connectivity index (χ4v) is 5.67. The van der Waals surface area contributed by atoms with Gasteiger partial charge in [-0.2, -0.15) is 13.2 Å². The number of piperidine rings is 1. The van der Waals surface area contributed by atoms with E-state index in [2.05, 4.69) is 14.9 Å². The van der Waals surface area contributed by atoms with Crippen molar-refractivity contribution in [3.63, 3.8) is 0 Å². The minimum absolute atomic E-state index is 0.156. The Kier molecular flexibility index (Phi) is 8.56. The second-order valence-electron chi connectivity index (χ2n) is 8.95. The molecule has 4 rings (SSSR count). The Hall–Kier alpha value is -2.79. The quantitative estimate of drug-likeness (QED) is 0.325. The standard InChI is InChI=1S/C26H24Cl2F3N3O3S/c27-23-4-2-1-3-18(23)16-34-13-11-17(12-14-34)25(35)32-19-5-8-21(9-6-19)38(36,37)33-20-7-10-24(28)22(15-20)26(29,30)31/h1-10,15,17,33H,11-14,16H2,(H,32,35). The van der Waals surface area contributed by atoms with Gasteiger partial charge in [-0.25, -0.2) is 8.42 Å². The van der Waals surface area contributed by atoms with Gasteiger partial charge < -0.3 is 5.32 Å². The van der Waals surface area contributed by atoms with E-state index in [1.165, 1.54) is 24.3 Å². The molecule has 1 saturated heterocycles. The van der Waals surface area contributed by atoms with Crippen LogP contribution in [0.1, 0.15) is 24.0 Å². The zero-order valence-corrected chi connectivity index (χ0v) is 22.3. The molecule has 0 saturated carbocycles. The van der Waals surface area contributed by atoms with E-state index in [9.17, 15) is 26.4 Å². The average Bonchev–Trinajstić information content (AvgIpc) is 2.86. The molecule has 0 radical (unpaired) electrons. The number of halogens is 5. The van der Waals surface area contributed by atoms with E-state index in [0.29, 0.717) is 36.2 Å². The van der Waals surface area contributed by atoms with Gasteiger partial charge in [0, 0.05) is 28.9 Å². The van der Waals surface area contributed by atoms with Crippen LogP contribution in [0.25, 0.3) is 0 Å². The fourth-order valence-electron chi connectivity index (χ4n) is 4.20. The Morgan fingerprint density at radius 2 is 1.55 bits per heavy atom. The summed E-state index contributed by atoms with van der Waals surface area (Å²) in [5.41, 5.74) is 0.0314. The summed E-state index contributed by atoms with van der Waals surface area (Å²) in [5.74, 6) is -0.340. The van der Waals surface area contributed by atoms with Crippen LogP contribution in [0.4, 0.5) is 24.5 Å². The summed E-state index contributed by atoms with van der Waals surface area (Å²) in [5, 5.41) is 2.99. The molecule has 0 aliphatic carbocycles. The molecule has 1 fully saturated rings. The van der Waals surface area contributed by atoms with E-state index in [4.69, 9.17) is 23.2 Å². The number of rotatable bonds is 7. The Balaban J connectivity index is 1.33. The minimum atomic E-state index is -4.73. The number of benzene rings is 3. The minimum Gasteiger partial charge on any atom is -0.326 e. The summed E-state index contributed by atoms with van der Waals surface area (Å²) in [7, 11) is -4.18. The van der Waals surface area contributed by atoms with Crippen LogP contribution in [-0.4, -0.2) is 32.3 Å². The zero-order valence-electron chi connectivity index (χ0n) is 19.9. The molecular formula is C26H24Cl2F3N3O3S. The predicted molar refractivity (Wildman–Crippen MR) is 142 cm³/mol. The van der Waals surface area contributed by atoms with Crippen LogP contribution in [0, 0.1) is 5.92 Å². The highest BCUT2D eigenvalue weighted by atomic mass is 35.5. The molecule has 3 aromatic rings. The van der Waals surface area contributed by atoms with Crippen LogP contribution < -0.4 is 10.0 Å². The van der Waals surface area contributed by atoms with Crippen molar-refractivity contribution in [2.45, 2.75) is 30.5 Å². The number of sulfonamides is 1. The first-order chi connectivity index (χ1) is 17.9. The topological polar surface area (TPSA) is 78.5 Å². The van der Waals surface area contributed by atoms with E-state index in [1.54, 1.807) is 0 Å². The SMILES string of the molecule is O=C(Nc1ccc(S(=O)(=O)Nc2ccc(Cl)c(C(F)(F)F)c2)cc1)C1CCN(Cc2ccccc2Cl)CC1. The van der Waals surface area contributed by atoms with Gasteiger partial charge in [0.2, 0.25) is 5.91 Å². The summed E-state index contributed by atoms with van der Waals surface area (Å²) in [4.78, 5) is 14.8. The van der Waals surface area contributed by atoms with Gasteiger partial charge in [0.25, 0.3) is 10.0 Å². The van der Waals surface area contributed by atoms with Crippen LogP contribution >= 0.6 is 23.2 Å². The number of likely N-dealkylation sites (tertiary alicyclic amines) is 1. The average molecular weight is 586 g/mol. The molecular weight excluding hydrogens is 562 g/mol. The molecule has 1 aliphatic rings. The van der Waals surface area contributed by atoms with Crippen molar-refractivity contribution < 1.29 is 26.4 Å². The van der Waals surface area contributed by atoms with Gasteiger partial charge in [-0.3, -0.25) is 14.4 Å². The van der Waals surface area contributed by atoms with E-state index < -0.39 is 26.8 Å². The predicted octanol–water partition coefficient (Wildman–Crippen LogP) is 6.66. The highest BCUT2D eigenvalue weighted by molar-refractivity contribution is 7.92. The lowest BCUT2D eigenvalue weighted by molar-refractivity contribution is -0.137. The monoisotopic (exact) mass is 585 g/mol. The molecule has 6 nitrogen and oxygen atoms in total. The first-order valence-corrected chi connectivity index (χ1v) is 13.9. The van der Waals surface area contributed by atoms with Crippen LogP contribution in [0.5, 0.6) is 0 Å². The van der Waals surface area contributed by atoms with Gasteiger partial charge in [0.1, 0.15) is 0 Å². The molecule has 2 N–H and O–H groups in total. The summed E-state index contributed by atoms with van der Waals surface area (Å²) >= 11 is 11.8. The second kappa shape index (κ2) is 11.5. The van der Waals surface area contributed by atoms with E-state index in [0.717, 1.165) is 30.8 Å². The Morgan fingerprint density at radius 1 is 0.921 bits per heavy atom. The second-order valence-corrected chi connectivity index (χ2v) is 11.5. The molecule has 12 heteroatoms. The molecule has 0 bridgehead atoms. The number of nitrogens with zero attached hydrogens (tertiary/aromatic N) is 1. The third-order valence-corrected chi connectivity index (χ3v) is 8.36. The van der Waals surface area contributed by atoms with Gasteiger partial charge in [-0.05, 0) is 80.0 Å². The van der Waals surface area contributed by atoms with Crippen molar-refractivity contribution in [1.82, 2.24) is 4.90 Å². The number of amides is 1. The zero-order chi connectivity index (χ0) is 27.5. The number of carbonyl (C=O) groups excluding carboxylic acids is 1. The smallest absolute Gasteiger partial charge is 0.326 e. The van der Waals surface area contributed by atoms with Crippen LogP contribution in [0.15, 0.2) is 71.6 Å². The largest absolute Gasteiger partial charge is 0.417 e. The van der Waals surface area contributed by atoms with Crippen molar-refractivity contribution in [2.24, 2.45) is 5.92 Å². The van der Waals surface area contributed by atoms with Crippen molar-refractivity contribution >= 4 is 50.5 Å². The molecule has 0 atom stereocenters. The Morgan fingerprint density at radius 3 is 2.18 bits per heavy atom. The molecule has 0 unspecified atom stereocenters. The van der Waals surface area contributed by atoms with Crippen molar-refractivity contribution in [2.75, 3.05) is 23.1 Å². The lowest BCUT2D eigenvalue weighted by Gasteiger charge is -2.31. The first-order valence-electron chi connectivity index (χ1n) is 11.7. The Labute approximate surface area is 228 Å². The number of hydrogen-bond acceptors (Lipinski definition) is 4. The van der Waals surface area contributed by atoms with Crippen LogP contribution in [0.3, 0.4) is 0 Å². The molecule has 1 heterocycles. The van der Waals surface area contributed by atoms with Crippen LogP contribution in [-0.2, 0) is 27.5 Å². The first kappa shape index (κ1) is 28.2. The van der Waals surface area contributed by atoms with Gasteiger partial charge in [0.15, 0.2) is 0 Å². The number of alkyl halides is 3. The lowest BCUT2D eigenvalue weighted by atomic mass is 9.95. The summed E-state index contributed by atoms with van der Waals surface area (Å²) in [6, 6.07) is 15.8. The third kappa shape index (κ3) is 6.99. The molecule has 3 aromatic carbocycles. The summed E-state index contributed by atoms with van der Waals surface area (Å²) in [6.07, 6.45) is -3.38. The van der Waals surface area contributed by atoms with Crippen molar-refractivity contribution in [3.8, 4) is 0 Å². The maximum atomic E-state index is 13.1. The maximum Gasteiger partial charge on any atom is 0.417 e. The van der Waals surface area contributed by atoms with Crippen molar-refractivity contribution in [3.05, 3.63) is 87.9 Å². The van der Waals surface area contributed by atoms with Gasteiger partial charge >= 0.3 is 6.18 Å². The van der Waals surface area contributed by atoms with Crippen molar-refractivity contribution in [1.29, 1.82) is 0 Å². The highest BCUT2D eigenvalue weighted by Crippen LogP contribution is 2.36. The number of hydrogen-bond donors (Lipinski definition) is 2. The summed E-state index contributed by atoms with van der Waals surface area (Å²) in [6.45, 7) is 2.20. The molecule has 0 spiro atoms. The molecule has 202 valence electrons. The number of carbonyl (C=O) groups is 1. The third-order valence-electron chi connectivity index (χ3n) is 6.27. The lowest BCUT2D eigenvalue weighted by Crippen LogP contribution is -2.37. The maximum absolute atomic E-state index is 13.1. The summed E-state index contributed by atoms with van der Waals surface area (Å²) < 4.78 is 66.8. The molecule has 38 heavy (non-hydrogen) atoms. The van der Waals surface area contributed by atoms with E-state index in [-0.39, 0.29) is 22.4 Å². The Bertz CT molecular complexity index is 1410. The van der Waals surface area contributed by atoms with E-state index >= 15 is 0 Å². The highest BCUT2D eigenvalue weighted by Gasteiger charge is 2.33. The van der Waals surface area contributed by atoms with Gasteiger partial charge in [-0.1, -0.05) is 41.4 Å². The molecule has 1 aliphatic heterocycles. The normalized spacial score (nSPS) is 15.3.